The van der Waals surface area contributed by atoms with Gasteiger partial charge in [-0.05, 0) is 92.0 Å². The Morgan fingerprint density at radius 2 is 0.481 bits per heavy atom. The van der Waals surface area contributed by atoms with Crippen LogP contribution in [0.1, 0.15) is 0 Å². The van der Waals surface area contributed by atoms with Crippen LogP contribution in [-0.4, -0.2) is 9.97 Å². The normalized spacial score (nSPS) is 11.0. The summed E-state index contributed by atoms with van der Waals surface area (Å²) in [4.78, 5) is 10.4. The van der Waals surface area contributed by atoms with Crippen LogP contribution in [0, 0.1) is 0 Å². The number of hydrogen-bond donors (Lipinski definition) is 0. The molecule has 2 nitrogen and oxygen atoms in total. The lowest BCUT2D eigenvalue weighted by atomic mass is 9.94. The summed E-state index contributed by atoms with van der Waals surface area (Å²) in [5.41, 5.74) is 16.5. The molecule has 1 heterocycles. The fraction of sp³-hybridized carbons (Fsp3) is 0. The van der Waals surface area contributed by atoms with Crippen LogP contribution in [0.4, 0.5) is 0 Å². The highest BCUT2D eigenvalue weighted by atomic mass is 14.9. The molecule has 0 fully saturated rings. The molecule has 1 aromatic heterocycles. The first-order valence-electron chi connectivity index (χ1n) is 18.3. The zero-order chi connectivity index (χ0) is 36.1. The van der Waals surface area contributed by atoms with Crippen molar-refractivity contribution in [2.45, 2.75) is 0 Å². The van der Waals surface area contributed by atoms with E-state index in [0.29, 0.717) is 5.82 Å². The lowest BCUT2D eigenvalue weighted by Crippen LogP contribution is -1.97. The van der Waals surface area contributed by atoms with E-state index in [0.717, 1.165) is 61.5 Å². The predicted octanol–water partition coefficient (Wildman–Crippen LogP) is 13.8. The van der Waals surface area contributed by atoms with Gasteiger partial charge in [0, 0.05) is 16.7 Å². The fourth-order valence-electron chi connectivity index (χ4n) is 7.05. The Balaban J connectivity index is 1.13. The molecule has 0 unspecified atom stereocenters. The van der Waals surface area contributed by atoms with Gasteiger partial charge in [0.05, 0.1) is 11.4 Å². The van der Waals surface area contributed by atoms with Crippen molar-refractivity contribution in [2.75, 3.05) is 0 Å². The monoisotopic (exact) mass is 688 g/mol. The van der Waals surface area contributed by atoms with Gasteiger partial charge in [0.25, 0.3) is 0 Å². The van der Waals surface area contributed by atoms with Gasteiger partial charge in [-0.2, -0.15) is 0 Å². The second kappa shape index (κ2) is 14.8. The molecule has 9 aromatic rings. The van der Waals surface area contributed by atoms with Gasteiger partial charge >= 0.3 is 0 Å². The van der Waals surface area contributed by atoms with Crippen molar-refractivity contribution in [3.8, 4) is 89.5 Å². The van der Waals surface area contributed by atoms with Crippen LogP contribution in [0.2, 0.25) is 0 Å². The van der Waals surface area contributed by atoms with Gasteiger partial charge in [0.1, 0.15) is 0 Å². The average Bonchev–Trinajstić information content (AvgIpc) is 3.27. The van der Waals surface area contributed by atoms with Gasteiger partial charge < -0.3 is 0 Å². The number of aromatic nitrogens is 2. The Labute approximate surface area is 316 Å². The van der Waals surface area contributed by atoms with E-state index in [4.69, 9.17) is 9.97 Å². The minimum atomic E-state index is 0.695. The summed E-state index contributed by atoms with van der Waals surface area (Å²) in [7, 11) is 0. The molecule has 0 spiro atoms. The van der Waals surface area contributed by atoms with Crippen molar-refractivity contribution >= 4 is 0 Å². The van der Waals surface area contributed by atoms with Crippen LogP contribution >= 0.6 is 0 Å². The Morgan fingerprint density at radius 1 is 0.185 bits per heavy atom. The Kier molecular flexibility index (Phi) is 8.99. The molecule has 0 saturated heterocycles. The first-order valence-corrected chi connectivity index (χ1v) is 18.3. The Hall–Kier alpha value is -7.16. The molecule has 0 amide bonds. The van der Waals surface area contributed by atoms with Crippen LogP contribution in [0.5, 0.6) is 0 Å². The minimum Gasteiger partial charge on any atom is -0.228 e. The largest absolute Gasteiger partial charge is 0.228 e. The molecule has 0 atom stereocenters. The van der Waals surface area contributed by atoms with Crippen LogP contribution in [0.3, 0.4) is 0 Å². The minimum absolute atomic E-state index is 0.695. The SMILES string of the molecule is c1ccc(-c2ccc(-c3cccc(-c4cccc(-c5cc(-c6cc(-c7ccccc7)cc(-c7ccccc7)c6)nc(-c6ccccc6)n5)c4)c3)cc2)cc1. The maximum absolute atomic E-state index is 5.21. The summed E-state index contributed by atoms with van der Waals surface area (Å²) in [5.74, 6) is 0.695. The van der Waals surface area contributed by atoms with Crippen molar-refractivity contribution in [1.82, 2.24) is 9.97 Å². The fourth-order valence-corrected chi connectivity index (χ4v) is 7.05. The van der Waals surface area contributed by atoms with Gasteiger partial charge in [-0.1, -0.05) is 182 Å². The van der Waals surface area contributed by atoms with Crippen LogP contribution in [0.15, 0.2) is 218 Å². The predicted molar refractivity (Wildman–Crippen MR) is 226 cm³/mol. The van der Waals surface area contributed by atoms with E-state index in [2.05, 4.69) is 200 Å². The molecule has 2 heteroatoms. The zero-order valence-corrected chi connectivity index (χ0v) is 29.7. The summed E-state index contributed by atoms with van der Waals surface area (Å²) in [6, 6.07) is 77.1. The van der Waals surface area contributed by atoms with E-state index in [1.807, 2.05) is 18.2 Å². The summed E-state index contributed by atoms with van der Waals surface area (Å²) >= 11 is 0. The number of nitrogens with zero attached hydrogens (tertiary/aromatic N) is 2. The summed E-state index contributed by atoms with van der Waals surface area (Å²) in [6.07, 6.45) is 0. The van der Waals surface area contributed by atoms with Gasteiger partial charge in [0.2, 0.25) is 0 Å². The van der Waals surface area contributed by atoms with Crippen molar-refractivity contribution in [1.29, 1.82) is 0 Å². The van der Waals surface area contributed by atoms with Crippen LogP contribution in [0.25, 0.3) is 89.5 Å². The van der Waals surface area contributed by atoms with Crippen molar-refractivity contribution < 1.29 is 0 Å². The third-order valence-corrected chi connectivity index (χ3v) is 9.88. The van der Waals surface area contributed by atoms with Crippen LogP contribution in [-0.2, 0) is 0 Å². The third-order valence-electron chi connectivity index (χ3n) is 9.88. The lowest BCUT2D eigenvalue weighted by Gasteiger charge is -2.14. The molecule has 0 N–H and O–H groups in total. The highest BCUT2D eigenvalue weighted by Crippen LogP contribution is 2.36. The standard InChI is InChI=1S/C52H36N2/c1-5-15-37(16-6-1)40-27-29-41(30-28-40)43-23-13-24-44(31-43)45-25-14-26-46(32-45)50-36-51(54-52(53-50)42-21-11-4-12-22-42)49-34-47(38-17-7-2-8-18-38)33-48(35-49)39-19-9-3-10-20-39/h1-36H. The number of hydrogen-bond acceptors (Lipinski definition) is 2. The summed E-state index contributed by atoms with van der Waals surface area (Å²) in [5, 5.41) is 0. The first-order chi connectivity index (χ1) is 26.7. The van der Waals surface area contributed by atoms with Gasteiger partial charge in [0.15, 0.2) is 5.82 Å². The molecular weight excluding hydrogens is 653 g/mol. The lowest BCUT2D eigenvalue weighted by molar-refractivity contribution is 1.18. The number of rotatable bonds is 8. The Morgan fingerprint density at radius 3 is 0.981 bits per heavy atom. The van der Waals surface area contributed by atoms with Crippen molar-refractivity contribution in [2.24, 2.45) is 0 Å². The van der Waals surface area contributed by atoms with Crippen molar-refractivity contribution in [3.63, 3.8) is 0 Å². The Bertz CT molecular complexity index is 2610. The maximum Gasteiger partial charge on any atom is 0.160 e. The summed E-state index contributed by atoms with van der Waals surface area (Å²) < 4.78 is 0. The zero-order valence-electron chi connectivity index (χ0n) is 29.7. The molecule has 0 saturated carbocycles. The van der Waals surface area contributed by atoms with E-state index < -0.39 is 0 Å². The molecule has 254 valence electrons. The molecule has 0 radical (unpaired) electrons. The van der Waals surface area contributed by atoms with Gasteiger partial charge in [-0.25, -0.2) is 9.97 Å². The number of benzene rings is 8. The van der Waals surface area contributed by atoms with Gasteiger partial charge in [-0.3, -0.25) is 0 Å². The molecule has 0 aliphatic heterocycles. The van der Waals surface area contributed by atoms with Gasteiger partial charge in [-0.15, -0.1) is 0 Å². The van der Waals surface area contributed by atoms with E-state index in [1.54, 1.807) is 0 Å². The molecule has 54 heavy (non-hydrogen) atoms. The smallest absolute Gasteiger partial charge is 0.160 e. The average molecular weight is 689 g/mol. The van der Waals surface area contributed by atoms with E-state index in [9.17, 15) is 0 Å². The molecular formula is C52H36N2. The topological polar surface area (TPSA) is 25.8 Å². The molecule has 0 aliphatic carbocycles. The molecule has 9 rings (SSSR count). The van der Waals surface area contributed by atoms with E-state index >= 15 is 0 Å². The second-order valence-electron chi connectivity index (χ2n) is 13.5. The highest BCUT2D eigenvalue weighted by molar-refractivity contribution is 5.83. The third kappa shape index (κ3) is 7.01. The quantitative estimate of drug-likeness (QED) is 0.159. The molecule has 0 aliphatic rings. The maximum atomic E-state index is 5.21. The van der Waals surface area contributed by atoms with E-state index in [1.165, 1.54) is 22.3 Å². The highest BCUT2D eigenvalue weighted by Gasteiger charge is 2.14. The molecule has 0 bridgehead atoms. The van der Waals surface area contributed by atoms with Crippen molar-refractivity contribution in [3.05, 3.63) is 218 Å². The second-order valence-corrected chi connectivity index (χ2v) is 13.5. The summed E-state index contributed by atoms with van der Waals surface area (Å²) in [6.45, 7) is 0. The van der Waals surface area contributed by atoms with E-state index in [-0.39, 0.29) is 0 Å². The van der Waals surface area contributed by atoms with Crippen LogP contribution < -0.4 is 0 Å². The first kappa shape index (κ1) is 32.7. The molecule has 8 aromatic carbocycles.